The third-order valence-electron chi connectivity index (χ3n) is 4.73. The molecule has 0 saturated carbocycles. The lowest BCUT2D eigenvalue weighted by molar-refractivity contribution is -0.121. The number of nitrogens with one attached hydrogen (secondary N) is 1. The summed E-state index contributed by atoms with van der Waals surface area (Å²) in [5.74, 6) is 1.89. The number of rotatable bonds is 11. The molecule has 1 N–H and O–H groups in total. The molecule has 29 heavy (non-hydrogen) atoms. The quantitative estimate of drug-likeness (QED) is 0.449. The van der Waals surface area contributed by atoms with E-state index in [1.54, 1.807) is 0 Å². The summed E-state index contributed by atoms with van der Waals surface area (Å²) in [6.07, 6.45) is 4.01. The van der Waals surface area contributed by atoms with Gasteiger partial charge in [0.15, 0.2) is 0 Å². The molecule has 0 radical (unpaired) electrons. The van der Waals surface area contributed by atoms with Gasteiger partial charge in [0.2, 0.25) is 5.91 Å². The van der Waals surface area contributed by atoms with E-state index in [1.807, 2.05) is 49.4 Å². The molecule has 0 spiro atoms. The van der Waals surface area contributed by atoms with Gasteiger partial charge in [0, 0.05) is 25.9 Å². The highest BCUT2D eigenvalue weighted by Gasteiger charge is 2.10. The van der Waals surface area contributed by atoms with Crippen LogP contribution in [0.5, 0.6) is 5.75 Å². The van der Waals surface area contributed by atoms with Crippen molar-refractivity contribution in [2.24, 2.45) is 0 Å². The van der Waals surface area contributed by atoms with Crippen LogP contribution in [0.4, 0.5) is 0 Å². The first-order chi connectivity index (χ1) is 14.2. The molecule has 0 fully saturated rings. The molecule has 3 aromatic rings. The molecular formula is C23H28ClN3O2. The second-order valence-electron chi connectivity index (χ2n) is 7.00. The van der Waals surface area contributed by atoms with Gasteiger partial charge in [-0.25, -0.2) is 4.98 Å². The van der Waals surface area contributed by atoms with Crippen LogP contribution < -0.4 is 10.1 Å². The van der Waals surface area contributed by atoms with Crippen molar-refractivity contribution in [1.29, 1.82) is 0 Å². The van der Waals surface area contributed by atoms with Crippen molar-refractivity contribution in [3.63, 3.8) is 0 Å². The number of hydrogen-bond acceptors (Lipinski definition) is 3. The fourth-order valence-electron chi connectivity index (χ4n) is 3.32. The van der Waals surface area contributed by atoms with Crippen molar-refractivity contribution in [3.05, 3.63) is 59.4 Å². The third kappa shape index (κ3) is 5.97. The number of carbonyl (C=O) groups excluding carboxylic acids is 1. The molecule has 0 unspecified atom stereocenters. The lowest BCUT2D eigenvalue weighted by atomic mass is 10.2. The molecule has 1 heterocycles. The largest absolute Gasteiger partial charge is 0.492 e. The highest BCUT2D eigenvalue weighted by atomic mass is 35.5. The van der Waals surface area contributed by atoms with Crippen molar-refractivity contribution in [2.45, 2.75) is 45.6 Å². The van der Waals surface area contributed by atoms with Crippen LogP contribution in [0.3, 0.4) is 0 Å². The zero-order valence-corrected chi connectivity index (χ0v) is 17.6. The SMILES string of the molecule is CCCC(=O)NCCCc1nc2ccccc2n1CCCOc1ccccc1Cl. The van der Waals surface area contributed by atoms with E-state index >= 15 is 0 Å². The van der Waals surface area contributed by atoms with Crippen LogP contribution >= 0.6 is 11.6 Å². The minimum Gasteiger partial charge on any atom is -0.492 e. The summed E-state index contributed by atoms with van der Waals surface area (Å²) in [6, 6.07) is 15.7. The lowest BCUT2D eigenvalue weighted by Gasteiger charge is -2.11. The second-order valence-corrected chi connectivity index (χ2v) is 7.41. The highest BCUT2D eigenvalue weighted by molar-refractivity contribution is 6.32. The zero-order valence-electron chi connectivity index (χ0n) is 16.9. The van der Waals surface area contributed by atoms with Gasteiger partial charge in [0.25, 0.3) is 0 Å². The fourth-order valence-corrected chi connectivity index (χ4v) is 3.51. The molecule has 0 aliphatic heterocycles. The number of ether oxygens (including phenoxy) is 1. The lowest BCUT2D eigenvalue weighted by Crippen LogP contribution is -2.24. The Morgan fingerprint density at radius 3 is 2.76 bits per heavy atom. The number of amides is 1. The minimum atomic E-state index is 0.123. The average molecular weight is 414 g/mol. The van der Waals surface area contributed by atoms with Crippen LogP contribution in [0.15, 0.2) is 48.5 Å². The van der Waals surface area contributed by atoms with Crippen LogP contribution in [-0.2, 0) is 17.8 Å². The summed E-state index contributed by atoms with van der Waals surface area (Å²) in [5, 5.41) is 3.61. The molecule has 5 nitrogen and oxygen atoms in total. The molecule has 6 heteroatoms. The first kappa shape index (κ1) is 21.2. The number of halogens is 1. The van der Waals surface area contributed by atoms with Gasteiger partial charge in [-0.3, -0.25) is 4.79 Å². The number of nitrogens with zero attached hydrogens (tertiary/aromatic N) is 2. The van der Waals surface area contributed by atoms with Crippen LogP contribution in [-0.4, -0.2) is 28.6 Å². The molecule has 0 bridgehead atoms. The van der Waals surface area contributed by atoms with Gasteiger partial charge in [0.1, 0.15) is 11.6 Å². The van der Waals surface area contributed by atoms with E-state index in [2.05, 4.69) is 16.0 Å². The Labute approximate surface area is 177 Å². The number of aryl methyl sites for hydroxylation is 2. The summed E-state index contributed by atoms with van der Waals surface area (Å²) >= 11 is 6.15. The maximum Gasteiger partial charge on any atom is 0.219 e. The van der Waals surface area contributed by atoms with Crippen molar-refractivity contribution >= 4 is 28.5 Å². The number of aromatic nitrogens is 2. The first-order valence-electron chi connectivity index (χ1n) is 10.3. The Morgan fingerprint density at radius 1 is 1.14 bits per heavy atom. The molecule has 3 rings (SSSR count). The Bertz CT molecular complexity index is 939. The maximum absolute atomic E-state index is 11.6. The number of carbonyl (C=O) groups is 1. The van der Waals surface area contributed by atoms with Gasteiger partial charge in [-0.2, -0.15) is 0 Å². The van der Waals surface area contributed by atoms with E-state index < -0.39 is 0 Å². The molecule has 0 aliphatic carbocycles. The highest BCUT2D eigenvalue weighted by Crippen LogP contribution is 2.23. The van der Waals surface area contributed by atoms with Crippen molar-refractivity contribution in [3.8, 4) is 5.75 Å². The normalized spacial score (nSPS) is 11.0. The van der Waals surface area contributed by atoms with Crippen LogP contribution in [0, 0.1) is 0 Å². The van der Waals surface area contributed by atoms with E-state index in [0.29, 0.717) is 30.3 Å². The smallest absolute Gasteiger partial charge is 0.219 e. The molecule has 1 amide bonds. The van der Waals surface area contributed by atoms with Crippen LogP contribution in [0.25, 0.3) is 11.0 Å². The monoisotopic (exact) mass is 413 g/mol. The van der Waals surface area contributed by atoms with Crippen LogP contribution in [0.2, 0.25) is 5.02 Å². The van der Waals surface area contributed by atoms with Crippen molar-refractivity contribution < 1.29 is 9.53 Å². The van der Waals surface area contributed by atoms with E-state index in [0.717, 1.165) is 49.1 Å². The summed E-state index contributed by atoms with van der Waals surface area (Å²) in [5.41, 5.74) is 2.14. The molecule has 0 aliphatic rings. The fraction of sp³-hybridized carbons (Fsp3) is 0.391. The molecule has 1 aromatic heterocycles. The average Bonchev–Trinajstić information content (AvgIpc) is 3.07. The number of para-hydroxylation sites is 3. The first-order valence-corrected chi connectivity index (χ1v) is 10.6. The molecule has 154 valence electrons. The van der Waals surface area contributed by atoms with E-state index in [1.165, 1.54) is 0 Å². The van der Waals surface area contributed by atoms with Crippen molar-refractivity contribution in [2.75, 3.05) is 13.2 Å². The van der Waals surface area contributed by atoms with Gasteiger partial charge < -0.3 is 14.6 Å². The van der Waals surface area contributed by atoms with Gasteiger partial charge in [-0.1, -0.05) is 42.8 Å². The number of benzene rings is 2. The molecular weight excluding hydrogens is 386 g/mol. The minimum absolute atomic E-state index is 0.123. The predicted molar refractivity (Wildman–Crippen MR) is 118 cm³/mol. The summed E-state index contributed by atoms with van der Waals surface area (Å²) in [4.78, 5) is 16.4. The predicted octanol–water partition coefficient (Wildman–Crippen LogP) is 5.01. The number of fused-ring (bicyclic) bond motifs is 1. The topological polar surface area (TPSA) is 56.2 Å². The van der Waals surface area contributed by atoms with E-state index in [-0.39, 0.29) is 5.91 Å². The Morgan fingerprint density at radius 2 is 1.93 bits per heavy atom. The number of hydrogen-bond donors (Lipinski definition) is 1. The maximum atomic E-state index is 11.6. The Balaban J connectivity index is 1.58. The van der Waals surface area contributed by atoms with Gasteiger partial charge in [-0.15, -0.1) is 0 Å². The van der Waals surface area contributed by atoms with Gasteiger partial charge in [0.05, 0.1) is 22.7 Å². The van der Waals surface area contributed by atoms with E-state index in [4.69, 9.17) is 21.3 Å². The van der Waals surface area contributed by atoms with Gasteiger partial charge >= 0.3 is 0 Å². The van der Waals surface area contributed by atoms with E-state index in [9.17, 15) is 4.79 Å². The third-order valence-corrected chi connectivity index (χ3v) is 5.04. The van der Waals surface area contributed by atoms with Crippen LogP contribution in [0.1, 0.15) is 38.4 Å². The Hall–Kier alpha value is -2.53. The summed E-state index contributed by atoms with van der Waals surface area (Å²) in [7, 11) is 0. The zero-order chi connectivity index (χ0) is 20.5. The Kier molecular flexibility index (Phi) is 7.94. The number of imidazole rings is 1. The standard InChI is InChI=1S/C23H28ClN3O2/c1-2-9-23(28)25-15-7-14-22-26-19-11-4-5-12-20(19)27(22)16-8-17-29-21-13-6-3-10-18(21)24/h3-6,10-13H,2,7-9,14-17H2,1H3,(H,25,28). The second kappa shape index (κ2) is 10.9. The summed E-state index contributed by atoms with van der Waals surface area (Å²) in [6.45, 7) is 4.10. The molecule has 0 atom stereocenters. The van der Waals surface area contributed by atoms with Crippen molar-refractivity contribution in [1.82, 2.24) is 14.9 Å². The summed E-state index contributed by atoms with van der Waals surface area (Å²) < 4.78 is 8.08. The van der Waals surface area contributed by atoms with Gasteiger partial charge in [-0.05, 0) is 43.5 Å². The molecule has 0 saturated heterocycles. The molecule has 2 aromatic carbocycles.